The van der Waals surface area contributed by atoms with Crippen LogP contribution in [0.25, 0.3) is 11.0 Å². The Labute approximate surface area is 131 Å². The largest absolute Gasteiger partial charge is 0.710 e. The fraction of sp³-hybridized carbons (Fsp3) is 0.588. The molecule has 0 aliphatic heterocycles. The van der Waals surface area contributed by atoms with E-state index in [2.05, 4.69) is 12.0 Å². The van der Waals surface area contributed by atoms with Gasteiger partial charge in [0.25, 0.3) is 0 Å². The van der Waals surface area contributed by atoms with Crippen LogP contribution in [0.5, 0.6) is 0 Å². The van der Waals surface area contributed by atoms with E-state index >= 15 is 0 Å². The molecule has 5 heteroatoms. The van der Waals surface area contributed by atoms with E-state index in [-0.39, 0.29) is 0 Å². The Bertz CT molecular complexity index is 602. The average molecular weight is 303 g/mol. The third-order valence-electron chi connectivity index (χ3n) is 4.06. The van der Waals surface area contributed by atoms with Crippen LogP contribution in [0.1, 0.15) is 63.9 Å². The molecule has 0 unspecified atom stereocenters. The molecule has 5 nitrogen and oxygen atoms in total. The minimum Gasteiger partial charge on any atom is -0.710 e. The highest BCUT2D eigenvalue weighted by molar-refractivity contribution is 5.68. The van der Waals surface area contributed by atoms with E-state index in [4.69, 9.17) is 0 Å². The van der Waals surface area contributed by atoms with Crippen LogP contribution in [0.2, 0.25) is 0 Å². The summed E-state index contributed by atoms with van der Waals surface area (Å²) in [7, 11) is 0. The van der Waals surface area contributed by atoms with Gasteiger partial charge in [-0.2, -0.15) is 0 Å². The lowest BCUT2D eigenvalue weighted by Gasteiger charge is -2.05. The first-order valence-corrected chi connectivity index (χ1v) is 8.33. The van der Waals surface area contributed by atoms with Gasteiger partial charge in [0.1, 0.15) is 0 Å². The van der Waals surface area contributed by atoms with Crippen molar-refractivity contribution in [1.29, 1.82) is 0 Å². The Morgan fingerprint density at radius 3 is 2.32 bits per heavy atom. The monoisotopic (exact) mass is 303 g/mol. The van der Waals surface area contributed by atoms with E-state index in [0.717, 1.165) is 24.7 Å². The minimum atomic E-state index is 0.342. The summed E-state index contributed by atoms with van der Waals surface area (Å²) >= 11 is 0. The fourth-order valence-electron chi connectivity index (χ4n) is 2.75. The van der Waals surface area contributed by atoms with E-state index in [0.29, 0.717) is 20.6 Å². The zero-order chi connectivity index (χ0) is 15.8. The topological polar surface area (TPSA) is 66.8 Å². The molecular weight excluding hydrogens is 278 g/mol. The van der Waals surface area contributed by atoms with E-state index < -0.39 is 0 Å². The second-order valence-corrected chi connectivity index (χ2v) is 5.88. The molecule has 0 bridgehead atoms. The highest BCUT2D eigenvalue weighted by Gasteiger charge is 2.13. The lowest BCUT2D eigenvalue weighted by Crippen LogP contribution is -2.40. The Balaban J connectivity index is 1.79. The number of nitrogens with zero attached hydrogens (tertiary/aromatic N) is 3. The van der Waals surface area contributed by atoms with Crippen LogP contribution in [0.3, 0.4) is 0 Å². The zero-order valence-electron chi connectivity index (χ0n) is 13.3. The van der Waals surface area contributed by atoms with Gasteiger partial charge in [0, 0.05) is 6.07 Å². The van der Waals surface area contributed by atoms with Gasteiger partial charge in [-0.3, -0.25) is 0 Å². The van der Waals surface area contributed by atoms with Crippen molar-refractivity contribution < 1.29 is 9.58 Å². The summed E-state index contributed by atoms with van der Waals surface area (Å²) in [5.74, 6) is 0. The fourth-order valence-corrected chi connectivity index (χ4v) is 2.75. The van der Waals surface area contributed by atoms with Crippen molar-refractivity contribution in [2.75, 3.05) is 0 Å². The molecule has 0 N–H and O–H groups in total. The van der Waals surface area contributed by atoms with Gasteiger partial charge in [0.05, 0.1) is 4.85 Å². The standard InChI is InChI=1S/C17H25N3O2/c1-2-3-4-5-6-7-8-9-10-15-11-12-16-17(13-15)20(22)18-14-19(16)21/h11-14H,2-10H2,1H3. The van der Waals surface area contributed by atoms with Gasteiger partial charge >= 0.3 is 11.8 Å². The third kappa shape index (κ3) is 4.55. The molecule has 1 heterocycles. The molecule has 0 fully saturated rings. The van der Waals surface area contributed by atoms with Crippen molar-refractivity contribution >= 4 is 11.0 Å². The summed E-state index contributed by atoms with van der Waals surface area (Å²) in [6.45, 7) is 2.24. The van der Waals surface area contributed by atoms with Crippen molar-refractivity contribution in [2.45, 2.75) is 64.7 Å². The van der Waals surface area contributed by atoms with Crippen molar-refractivity contribution in [2.24, 2.45) is 0 Å². The van der Waals surface area contributed by atoms with E-state index in [1.54, 1.807) is 12.1 Å². The molecule has 120 valence electrons. The lowest BCUT2D eigenvalue weighted by atomic mass is 10.0. The zero-order valence-corrected chi connectivity index (χ0v) is 13.3. The molecule has 0 radical (unpaired) electrons. The Hall–Kier alpha value is -1.91. The van der Waals surface area contributed by atoms with Crippen LogP contribution < -0.4 is 9.58 Å². The Morgan fingerprint density at radius 2 is 1.59 bits per heavy atom. The van der Waals surface area contributed by atoms with Gasteiger partial charge < -0.3 is 10.4 Å². The van der Waals surface area contributed by atoms with E-state index in [1.807, 2.05) is 6.07 Å². The molecule has 0 saturated heterocycles. The van der Waals surface area contributed by atoms with Crippen LogP contribution in [0.4, 0.5) is 0 Å². The molecule has 0 spiro atoms. The molecule has 0 aliphatic rings. The number of benzene rings is 1. The van der Waals surface area contributed by atoms with E-state index in [1.165, 1.54) is 44.9 Å². The first kappa shape index (κ1) is 16.5. The van der Waals surface area contributed by atoms with Crippen molar-refractivity contribution in [3.8, 4) is 0 Å². The van der Waals surface area contributed by atoms with Crippen molar-refractivity contribution in [1.82, 2.24) is 5.10 Å². The van der Waals surface area contributed by atoms with Gasteiger partial charge in [-0.05, 0) is 24.5 Å². The Morgan fingerprint density at radius 1 is 0.909 bits per heavy atom. The molecule has 1 aromatic carbocycles. The molecule has 0 saturated carbocycles. The molecule has 1 aromatic heterocycles. The van der Waals surface area contributed by atoms with Crippen LogP contribution in [0.15, 0.2) is 24.5 Å². The van der Waals surface area contributed by atoms with Crippen LogP contribution in [0, 0.1) is 10.4 Å². The molecule has 2 rings (SSSR count). The summed E-state index contributed by atoms with van der Waals surface area (Å²) in [6.07, 6.45) is 12.2. The van der Waals surface area contributed by atoms with E-state index in [9.17, 15) is 10.4 Å². The van der Waals surface area contributed by atoms with Crippen molar-refractivity contribution in [3.63, 3.8) is 0 Å². The second kappa shape index (κ2) is 8.51. The maximum atomic E-state index is 11.6. The van der Waals surface area contributed by atoms with Crippen molar-refractivity contribution in [3.05, 3.63) is 40.5 Å². The lowest BCUT2D eigenvalue weighted by molar-refractivity contribution is -0.680. The first-order valence-electron chi connectivity index (χ1n) is 8.33. The number of fused-ring (bicyclic) bond motifs is 1. The van der Waals surface area contributed by atoms with Gasteiger partial charge in [0.15, 0.2) is 0 Å². The molecule has 0 atom stereocenters. The molecule has 2 aromatic rings. The molecule has 0 aliphatic carbocycles. The Kier molecular flexibility index (Phi) is 6.37. The highest BCUT2D eigenvalue weighted by Crippen LogP contribution is 2.13. The number of unbranched alkanes of at least 4 members (excludes halogenated alkanes) is 7. The molecule has 22 heavy (non-hydrogen) atoms. The minimum absolute atomic E-state index is 0.342. The maximum absolute atomic E-state index is 11.6. The van der Waals surface area contributed by atoms with Gasteiger partial charge in [-0.1, -0.05) is 57.9 Å². The first-order chi connectivity index (χ1) is 10.7. The highest BCUT2D eigenvalue weighted by atomic mass is 16.5. The SMILES string of the molecule is CCCCCCCCCCc1ccc2c(c1)[n+]([O-])nc[n+]2[O-]. The predicted octanol–water partition coefficient (Wildman–Crippen LogP) is 3.18. The number of hydrogen-bond acceptors (Lipinski definition) is 3. The molecular formula is C17H25N3O2. The quantitative estimate of drug-likeness (QED) is 0.406. The summed E-state index contributed by atoms with van der Waals surface area (Å²) in [5, 5.41) is 26.7. The number of rotatable bonds is 9. The smallest absolute Gasteiger partial charge is 0.365 e. The summed E-state index contributed by atoms with van der Waals surface area (Å²) in [5.41, 5.74) is 1.80. The third-order valence-corrected chi connectivity index (χ3v) is 4.06. The average Bonchev–Trinajstić information content (AvgIpc) is 2.53. The molecule has 0 amide bonds. The predicted molar refractivity (Wildman–Crippen MR) is 86.0 cm³/mol. The van der Waals surface area contributed by atoms with Crippen LogP contribution in [-0.2, 0) is 6.42 Å². The number of aromatic nitrogens is 3. The van der Waals surface area contributed by atoms with Gasteiger partial charge in [-0.15, -0.1) is 0 Å². The van der Waals surface area contributed by atoms with Crippen LogP contribution >= 0.6 is 0 Å². The summed E-state index contributed by atoms with van der Waals surface area (Å²) < 4.78 is 0.629. The van der Waals surface area contributed by atoms with Gasteiger partial charge in [-0.25, -0.2) is 4.73 Å². The second-order valence-electron chi connectivity index (χ2n) is 5.88. The number of aryl methyl sites for hydroxylation is 1. The number of hydrogen-bond donors (Lipinski definition) is 0. The van der Waals surface area contributed by atoms with Crippen LogP contribution in [-0.4, -0.2) is 5.10 Å². The summed E-state index contributed by atoms with van der Waals surface area (Å²) in [6, 6.07) is 5.42. The van der Waals surface area contributed by atoms with Gasteiger partial charge in [0.2, 0.25) is 10.6 Å². The summed E-state index contributed by atoms with van der Waals surface area (Å²) in [4.78, 5) is 0.515. The normalized spacial score (nSPS) is 11.1. The maximum Gasteiger partial charge on any atom is 0.365 e.